The van der Waals surface area contributed by atoms with Crippen molar-refractivity contribution in [1.82, 2.24) is 19.5 Å². The van der Waals surface area contributed by atoms with Crippen LogP contribution in [0.1, 0.15) is 18.5 Å². The van der Waals surface area contributed by atoms with Crippen LogP contribution in [-0.2, 0) is 0 Å². The highest BCUT2D eigenvalue weighted by Crippen LogP contribution is 2.29. The summed E-state index contributed by atoms with van der Waals surface area (Å²) in [6.07, 6.45) is 2.61. The summed E-state index contributed by atoms with van der Waals surface area (Å²) in [6.45, 7) is 6.45. The highest BCUT2D eigenvalue weighted by atomic mass is 35.5. The third-order valence-electron chi connectivity index (χ3n) is 5.35. The van der Waals surface area contributed by atoms with Crippen molar-refractivity contribution in [3.8, 4) is 0 Å². The van der Waals surface area contributed by atoms with Gasteiger partial charge in [-0.15, -0.1) is 0 Å². The Labute approximate surface area is 145 Å². The second-order valence-electron chi connectivity index (χ2n) is 6.93. The zero-order valence-corrected chi connectivity index (χ0v) is 14.5. The molecule has 2 fully saturated rings. The summed E-state index contributed by atoms with van der Waals surface area (Å²) in [5.74, 6) is 0.958. The second-order valence-corrected chi connectivity index (χ2v) is 7.37. The van der Waals surface area contributed by atoms with Crippen LogP contribution in [0, 0.1) is 6.92 Å². The minimum atomic E-state index is 0.660. The number of benzene rings is 1. The van der Waals surface area contributed by atoms with Gasteiger partial charge < -0.3 is 4.90 Å². The van der Waals surface area contributed by atoms with Crippen LogP contribution in [0.3, 0.4) is 0 Å². The topological polar surface area (TPSA) is 36.7 Å². The smallest absolute Gasteiger partial charge is 0.227 e. The van der Waals surface area contributed by atoms with Gasteiger partial charge in [0.05, 0.1) is 16.7 Å². The number of aryl methyl sites for hydroxylation is 1. The van der Waals surface area contributed by atoms with E-state index >= 15 is 0 Å². The normalized spacial score (nSPS) is 21.8. The van der Waals surface area contributed by atoms with Crippen molar-refractivity contribution < 1.29 is 0 Å². The maximum Gasteiger partial charge on any atom is 0.227 e. The molecule has 0 aliphatic carbocycles. The molecule has 0 N–H and O–H groups in total. The molecule has 2 aliphatic heterocycles. The lowest BCUT2D eigenvalue weighted by Gasteiger charge is -2.38. The number of nitrogens with zero attached hydrogens (tertiary/aromatic N) is 5. The number of piperazine rings is 1. The van der Waals surface area contributed by atoms with Crippen molar-refractivity contribution in [2.75, 3.05) is 31.1 Å². The third kappa shape index (κ3) is 2.19. The van der Waals surface area contributed by atoms with E-state index in [1.807, 2.05) is 29.6 Å². The average Bonchev–Trinajstić information content (AvgIpc) is 3.19. The van der Waals surface area contributed by atoms with E-state index in [1.54, 1.807) is 0 Å². The van der Waals surface area contributed by atoms with Gasteiger partial charge in [0, 0.05) is 36.1 Å². The summed E-state index contributed by atoms with van der Waals surface area (Å²) in [7, 11) is 0. The lowest BCUT2D eigenvalue weighted by atomic mass is 10.1. The van der Waals surface area contributed by atoms with Gasteiger partial charge in [0.25, 0.3) is 0 Å². The third-order valence-corrected chi connectivity index (χ3v) is 5.58. The number of hydrogen-bond donors (Lipinski definition) is 0. The molecule has 1 aromatic carbocycles. The molecule has 24 heavy (non-hydrogen) atoms. The van der Waals surface area contributed by atoms with Crippen LogP contribution in [0.15, 0.2) is 24.3 Å². The van der Waals surface area contributed by atoms with Gasteiger partial charge in [0.1, 0.15) is 0 Å². The molecular formula is C18H20ClN5. The molecule has 5 rings (SSSR count). The average molecular weight is 342 g/mol. The van der Waals surface area contributed by atoms with Crippen LogP contribution >= 0.6 is 11.6 Å². The van der Waals surface area contributed by atoms with Crippen LogP contribution in [0.25, 0.3) is 16.4 Å². The van der Waals surface area contributed by atoms with E-state index in [4.69, 9.17) is 21.7 Å². The molecule has 0 spiro atoms. The maximum atomic E-state index is 6.20. The minimum Gasteiger partial charge on any atom is -0.338 e. The number of fused-ring (bicyclic) bond motifs is 4. The summed E-state index contributed by atoms with van der Waals surface area (Å²) in [6, 6.07) is 8.69. The van der Waals surface area contributed by atoms with Gasteiger partial charge >= 0.3 is 0 Å². The molecule has 5 nitrogen and oxygen atoms in total. The zero-order valence-electron chi connectivity index (χ0n) is 13.7. The number of aromatic nitrogens is 3. The van der Waals surface area contributed by atoms with Crippen LogP contribution < -0.4 is 4.90 Å². The van der Waals surface area contributed by atoms with Crippen LogP contribution in [0.4, 0.5) is 5.95 Å². The van der Waals surface area contributed by atoms with Crippen molar-refractivity contribution in [3.05, 3.63) is 35.0 Å². The summed E-state index contributed by atoms with van der Waals surface area (Å²) >= 11 is 6.20. The van der Waals surface area contributed by atoms with Gasteiger partial charge in [0.2, 0.25) is 5.95 Å². The van der Waals surface area contributed by atoms with Crippen molar-refractivity contribution in [2.45, 2.75) is 25.8 Å². The Hall–Kier alpha value is -1.85. The lowest BCUT2D eigenvalue weighted by molar-refractivity contribution is 0.229. The molecule has 0 radical (unpaired) electrons. The van der Waals surface area contributed by atoms with E-state index in [9.17, 15) is 0 Å². The van der Waals surface area contributed by atoms with Crippen LogP contribution in [0.2, 0.25) is 5.02 Å². The molecule has 1 unspecified atom stereocenters. The first-order valence-electron chi connectivity index (χ1n) is 8.64. The second kappa shape index (κ2) is 5.33. The molecule has 0 saturated carbocycles. The van der Waals surface area contributed by atoms with Crippen LogP contribution in [0.5, 0.6) is 0 Å². The summed E-state index contributed by atoms with van der Waals surface area (Å²) in [5, 5.41) is 6.50. The fourth-order valence-electron chi connectivity index (χ4n) is 4.19. The summed E-state index contributed by atoms with van der Waals surface area (Å²) in [5.41, 5.74) is 3.07. The summed E-state index contributed by atoms with van der Waals surface area (Å²) in [4.78, 5) is 9.96. The van der Waals surface area contributed by atoms with Gasteiger partial charge in [-0.1, -0.05) is 11.6 Å². The SMILES string of the molecule is Cc1cc2c3cc(Cl)ccc3nc(N3CCN4CCCC4C3)n2n1. The van der Waals surface area contributed by atoms with Crippen molar-refractivity contribution in [3.63, 3.8) is 0 Å². The molecule has 2 saturated heterocycles. The number of anilines is 1. The molecule has 0 bridgehead atoms. The minimum absolute atomic E-state index is 0.660. The number of hydrogen-bond acceptors (Lipinski definition) is 4. The Balaban J connectivity index is 1.68. The number of rotatable bonds is 1. The Kier molecular flexibility index (Phi) is 3.22. The standard InChI is InChI=1S/C18H20ClN5/c1-12-9-17-15-10-13(19)4-5-16(15)20-18(24(17)21-12)23-8-7-22-6-2-3-14(22)11-23/h4-5,9-10,14H,2-3,6-8,11H2,1H3. The highest BCUT2D eigenvalue weighted by Gasteiger charge is 2.32. The van der Waals surface area contributed by atoms with E-state index in [0.29, 0.717) is 6.04 Å². The number of halogens is 1. The molecule has 2 aromatic heterocycles. The monoisotopic (exact) mass is 341 g/mol. The first-order valence-corrected chi connectivity index (χ1v) is 9.01. The van der Waals surface area contributed by atoms with Gasteiger partial charge in [-0.3, -0.25) is 4.90 Å². The van der Waals surface area contributed by atoms with E-state index in [1.165, 1.54) is 19.4 Å². The highest BCUT2D eigenvalue weighted by molar-refractivity contribution is 6.31. The molecule has 2 aliphatic rings. The van der Waals surface area contributed by atoms with Gasteiger partial charge in [0.15, 0.2) is 0 Å². The Morgan fingerprint density at radius 2 is 2.08 bits per heavy atom. The van der Waals surface area contributed by atoms with E-state index < -0.39 is 0 Å². The fourth-order valence-corrected chi connectivity index (χ4v) is 4.36. The van der Waals surface area contributed by atoms with E-state index in [-0.39, 0.29) is 0 Å². The molecule has 1 atom stereocenters. The zero-order chi connectivity index (χ0) is 16.3. The van der Waals surface area contributed by atoms with Crippen molar-refractivity contribution in [1.29, 1.82) is 0 Å². The first kappa shape index (κ1) is 14.5. The quantitative estimate of drug-likeness (QED) is 0.681. The van der Waals surface area contributed by atoms with Gasteiger partial charge in [-0.2, -0.15) is 9.61 Å². The first-order chi connectivity index (χ1) is 11.7. The molecule has 4 heterocycles. The van der Waals surface area contributed by atoms with Crippen molar-refractivity contribution >= 4 is 34.0 Å². The molecule has 3 aromatic rings. The Bertz CT molecular complexity index is 934. The Morgan fingerprint density at radius 3 is 3.00 bits per heavy atom. The molecule has 0 amide bonds. The lowest BCUT2D eigenvalue weighted by Crippen LogP contribution is -2.51. The maximum absolute atomic E-state index is 6.20. The van der Waals surface area contributed by atoms with Gasteiger partial charge in [-0.05, 0) is 50.6 Å². The van der Waals surface area contributed by atoms with E-state index in [2.05, 4.69) is 15.9 Å². The molecule has 124 valence electrons. The van der Waals surface area contributed by atoms with Crippen molar-refractivity contribution in [2.24, 2.45) is 0 Å². The van der Waals surface area contributed by atoms with Gasteiger partial charge in [-0.25, -0.2) is 4.98 Å². The molecule has 6 heteroatoms. The Morgan fingerprint density at radius 1 is 1.17 bits per heavy atom. The largest absolute Gasteiger partial charge is 0.338 e. The fraction of sp³-hybridized carbons (Fsp3) is 0.444. The summed E-state index contributed by atoms with van der Waals surface area (Å²) < 4.78 is 2.00. The predicted octanol–water partition coefficient (Wildman–Crippen LogP) is 3.13. The van der Waals surface area contributed by atoms with Crippen LogP contribution in [-0.4, -0.2) is 51.7 Å². The predicted molar refractivity (Wildman–Crippen MR) is 97.0 cm³/mol. The molecular weight excluding hydrogens is 322 g/mol. The van der Waals surface area contributed by atoms with E-state index in [0.717, 1.165) is 52.7 Å².